The van der Waals surface area contributed by atoms with Gasteiger partial charge in [0.15, 0.2) is 0 Å². The molecule has 60 valence electrons. The molecule has 1 aromatic rings. The minimum absolute atomic E-state index is 0.202. The molecule has 0 amide bonds. The molecule has 0 aromatic carbocycles. The molecule has 2 unspecified atom stereocenters. The predicted molar refractivity (Wildman–Crippen MR) is 44.3 cm³/mol. The van der Waals surface area contributed by atoms with E-state index in [9.17, 15) is 0 Å². The molecule has 2 atom stereocenters. The van der Waals surface area contributed by atoms with Crippen LogP contribution in [0.25, 0.3) is 0 Å². The summed E-state index contributed by atoms with van der Waals surface area (Å²) in [5.41, 5.74) is 5.78. The monoisotopic (exact) mass is 216 g/mol. The smallest absolute Gasteiger partial charge is 0.140 e. The Morgan fingerprint density at radius 1 is 1.73 bits per heavy atom. The predicted octanol–water partition coefficient (Wildman–Crippen LogP) is 0.445. The Morgan fingerprint density at radius 2 is 2.55 bits per heavy atom. The molecule has 0 spiro atoms. The fourth-order valence-electron chi connectivity index (χ4n) is 1.32. The second kappa shape index (κ2) is 2.57. The third kappa shape index (κ3) is 1.18. The first-order chi connectivity index (χ1) is 5.27. The topological polar surface area (TPSA) is 56.7 Å². The van der Waals surface area contributed by atoms with Crippen molar-refractivity contribution in [2.75, 3.05) is 0 Å². The molecule has 2 N–H and O–H groups in total. The largest absolute Gasteiger partial charge is 0.326 e. The van der Waals surface area contributed by atoms with E-state index in [1.165, 1.54) is 0 Å². The number of nitrogens with zero attached hydrogens (tertiary/aromatic N) is 3. The van der Waals surface area contributed by atoms with Crippen LogP contribution in [0.5, 0.6) is 0 Å². The zero-order valence-electron chi connectivity index (χ0n) is 5.94. The zero-order valence-corrected chi connectivity index (χ0v) is 7.53. The van der Waals surface area contributed by atoms with Gasteiger partial charge in [-0.1, -0.05) is 15.9 Å². The molecule has 1 aliphatic rings. The molecule has 0 aliphatic carbocycles. The summed E-state index contributed by atoms with van der Waals surface area (Å²) >= 11 is 3.50. The number of halogens is 1. The normalized spacial score (nSPS) is 30.0. The van der Waals surface area contributed by atoms with Gasteiger partial charge in [-0.25, -0.2) is 9.67 Å². The first kappa shape index (κ1) is 7.24. The average molecular weight is 217 g/mol. The van der Waals surface area contributed by atoms with Gasteiger partial charge >= 0.3 is 0 Å². The molecule has 0 bridgehead atoms. The van der Waals surface area contributed by atoms with Crippen LogP contribution in [-0.2, 0) is 6.54 Å². The van der Waals surface area contributed by atoms with Crippen molar-refractivity contribution in [3.8, 4) is 0 Å². The summed E-state index contributed by atoms with van der Waals surface area (Å²) in [6.07, 6.45) is 2.51. The molecule has 2 rings (SSSR count). The molecular formula is C6H9BrN4. The van der Waals surface area contributed by atoms with Crippen molar-refractivity contribution in [3.05, 3.63) is 12.2 Å². The van der Waals surface area contributed by atoms with E-state index in [2.05, 4.69) is 26.0 Å². The second-order valence-corrected chi connectivity index (χ2v) is 3.87. The summed E-state index contributed by atoms with van der Waals surface area (Å²) in [6.45, 7) is 0.789. The van der Waals surface area contributed by atoms with E-state index in [1.54, 1.807) is 6.33 Å². The SMILES string of the molecule is NC1CC(Br)c2ncnn2C1. The number of aromatic nitrogens is 3. The van der Waals surface area contributed by atoms with Gasteiger partial charge in [0.1, 0.15) is 12.2 Å². The van der Waals surface area contributed by atoms with Crippen molar-refractivity contribution in [2.24, 2.45) is 5.73 Å². The summed E-state index contributed by atoms with van der Waals surface area (Å²) in [6, 6.07) is 0.202. The number of rotatable bonds is 0. The van der Waals surface area contributed by atoms with Crippen molar-refractivity contribution in [1.82, 2.24) is 14.8 Å². The van der Waals surface area contributed by atoms with E-state index in [-0.39, 0.29) is 10.9 Å². The van der Waals surface area contributed by atoms with Gasteiger partial charge < -0.3 is 5.73 Å². The fraction of sp³-hybridized carbons (Fsp3) is 0.667. The van der Waals surface area contributed by atoms with Crippen molar-refractivity contribution in [1.29, 1.82) is 0 Å². The van der Waals surface area contributed by atoms with Crippen molar-refractivity contribution >= 4 is 15.9 Å². The highest BCUT2D eigenvalue weighted by Crippen LogP contribution is 2.29. The third-order valence-electron chi connectivity index (χ3n) is 1.84. The summed E-state index contributed by atoms with van der Waals surface area (Å²) < 4.78 is 1.85. The lowest BCUT2D eigenvalue weighted by atomic mass is 10.1. The van der Waals surface area contributed by atoms with Crippen molar-refractivity contribution in [2.45, 2.75) is 23.8 Å². The highest BCUT2D eigenvalue weighted by Gasteiger charge is 2.24. The summed E-state index contributed by atoms with van der Waals surface area (Å²) in [5, 5.41) is 4.05. The van der Waals surface area contributed by atoms with Crippen molar-refractivity contribution in [3.63, 3.8) is 0 Å². The Balaban J connectivity index is 2.36. The standard InChI is InChI=1S/C6H9BrN4/c7-5-1-4(8)2-11-6(5)9-3-10-11/h3-5H,1-2,8H2. The van der Waals surface area contributed by atoms with Crippen LogP contribution in [0.4, 0.5) is 0 Å². The van der Waals surface area contributed by atoms with Crippen LogP contribution in [0.15, 0.2) is 6.33 Å². The van der Waals surface area contributed by atoms with E-state index < -0.39 is 0 Å². The van der Waals surface area contributed by atoms with Gasteiger partial charge in [-0.2, -0.15) is 5.10 Å². The lowest BCUT2D eigenvalue weighted by molar-refractivity contribution is 0.420. The van der Waals surface area contributed by atoms with Gasteiger partial charge in [-0.15, -0.1) is 0 Å². The molecule has 0 saturated carbocycles. The second-order valence-electron chi connectivity index (χ2n) is 2.76. The quantitative estimate of drug-likeness (QED) is 0.641. The molecule has 4 nitrogen and oxygen atoms in total. The highest BCUT2D eigenvalue weighted by molar-refractivity contribution is 9.09. The average Bonchev–Trinajstić information content (AvgIpc) is 2.34. The van der Waals surface area contributed by atoms with Crippen molar-refractivity contribution < 1.29 is 0 Å². The number of hydrogen-bond acceptors (Lipinski definition) is 3. The lowest BCUT2D eigenvalue weighted by Crippen LogP contribution is -2.33. The van der Waals surface area contributed by atoms with Gasteiger partial charge in [-0.3, -0.25) is 0 Å². The van der Waals surface area contributed by atoms with Gasteiger partial charge in [0, 0.05) is 6.04 Å². The molecule has 0 saturated heterocycles. The molecule has 1 aliphatic heterocycles. The molecule has 11 heavy (non-hydrogen) atoms. The Kier molecular flexibility index (Phi) is 1.69. The van der Waals surface area contributed by atoms with Crippen LogP contribution in [0.2, 0.25) is 0 Å². The molecule has 5 heteroatoms. The Labute approximate surface area is 72.9 Å². The van der Waals surface area contributed by atoms with Gasteiger partial charge in [0.05, 0.1) is 11.4 Å². The van der Waals surface area contributed by atoms with E-state index in [0.717, 1.165) is 18.8 Å². The number of alkyl halides is 1. The molecule has 0 fully saturated rings. The van der Waals surface area contributed by atoms with Crippen LogP contribution < -0.4 is 5.73 Å². The minimum Gasteiger partial charge on any atom is -0.326 e. The molecule has 1 aromatic heterocycles. The number of nitrogens with two attached hydrogens (primary N) is 1. The first-order valence-corrected chi connectivity index (χ1v) is 4.46. The summed E-state index contributed by atoms with van der Waals surface area (Å²) in [5.74, 6) is 0.992. The first-order valence-electron chi connectivity index (χ1n) is 3.54. The Bertz CT molecular complexity index is 259. The summed E-state index contributed by atoms with van der Waals surface area (Å²) in [4.78, 5) is 4.39. The van der Waals surface area contributed by atoms with Gasteiger partial charge in [-0.05, 0) is 6.42 Å². The van der Waals surface area contributed by atoms with Crippen LogP contribution in [-0.4, -0.2) is 20.8 Å². The highest BCUT2D eigenvalue weighted by atomic mass is 79.9. The van der Waals surface area contributed by atoms with Crippen LogP contribution in [0.3, 0.4) is 0 Å². The fourth-order valence-corrected chi connectivity index (χ4v) is 2.16. The van der Waals surface area contributed by atoms with E-state index >= 15 is 0 Å². The maximum atomic E-state index is 5.78. The van der Waals surface area contributed by atoms with Crippen LogP contribution in [0, 0.1) is 0 Å². The van der Waals surface area contributed by atoms with Crippen LogP contribution in [0.1, 0.15) is 17.1 Å². The number of fused-ring (bicyclic) bond motifs is 1. The molecule has 0 radical (unpaired) electrons. The molecular weight excluding hydrogens is 208 g/mol. The third-order valence-corrected chi connectivity index (χ3v) is 2.63. The number of hydrogen-bond donors (Lipinski definition) is 1. The summed E-state index contributed by atoms with van der Waals surface area (Å²) in [7, 11) is 0. The van der Waals surface area contributed by atoms with Gasteiger partial charge in [0.2, 0.25) is 0 Å². The maximum Gasteiger partial charge on any atom is 0.140 e. The van der Waals surface area contributed by atoms with E-state index in [0.29, 0.717) is 0 Å². The van der Waals surface area contributed by atoms with Gasteiger partial charge in [0.25, 0.3) is 0 Å². The molecule has 2 heterocycles. The Hall–Kier alpha value is -0.420. The van der Waals surface area contributed by atoms with E-state index in [1.807, 2.05) is 4.68 Å². The zero-order chi connectivity index (χ0) is 7.84. The Morgan fingerprint density at radius 3 is 3.36 bits per heavy atom. The lowest BCUT2D eigenvalue weighted by Gasteiger charge is -2.22. The van der Waals surface area contributed by atoms with Crippen LogP contribution >= 0.6 is 15.9 Å². The van der Waals surface area contributed by atoms with E-state index in [4.69, 9.17) is 5.73 Å². The minimum atomic E-state index is 0.202. The maximum absolute atomic E-state index is 5.78.